The van der Waals surface area contributed by atoms with E-state index in [9.17, 15) is 9.59 Å². The Morgan fingerprint density at radius 3 is 2.61 bits per heavy atom. The van der Waals surface area contributed by atoms with Gasteiger partial charge in [-0.25, -0.2) is 0 Å². The second-order valence-electron chi connectivity index (χ2n) is 6.07. The number of aromatic nitrogens is 2. The Morgan fingerprint density at radius 1 is 1.00 bits per heavy atom. The normalized spacial score (nSPS) is 10.2. The van der Waals surface area contributed by atoms with Gasteiger partial charge in [0.25, 0.3) is 11.8 Å². The summed E-state index contributed by atoms with van der Waals surface area (Å²) in [7, 11) is 1.52. The number of pyridine rings is 2. The van der Waals surface area contributed by atoms with Gasteiger partial charge < -0.3 is 15.4 Å². The van der Waals surface area contributed by atoms with Crippen LogP contribution in [-0.2, 0) is 6.54 Å². The van der Waals surface area contributed by atoms with Crippen LogP contribution in [0.3, 0.4) is 0 Å². The van der Waals surface area contributed by atoms with Gasteiger partial charge in [-0.05, 0) is 42.8 Å². The fourth-order valence-electron chi connectivity index (χ4n) is 2.52. The zero-order chi connectivity index (χ0) is 19.9. The molecule has 0 radical (unpaired) electrons. The summed E-state index contributed by atoms with van der Waals surface area (Å²) in [6, 6.07) is 13.9. The van der Waals surface area contributed by atoms with E-state index in [1.54, 1.807) is 36.5 Å². The first kappa shape index (κ1) is 19.0. The summed E-state index contributed by atoms with van der Waals surface area (Å²) in [6.45, 7) is 2.17. The zero-order valence-corrected chi connectivity index (χ0v) is 15.6. The molecule has 2 N–H and O–H groups in total. The van der Waals surface area contributed by atoms with Crippen LogP contribution < -0.4 is 15.4 Å². The number of methoxy groups -OCH3 is 1. The molecule has 3 aromatic rings. The van der Waals surface area contributed by atoms with Crippen molar-refractivity contribution >= 4 is 17.5 Å². The number of hydrogen-bond acceptors (Lipinski definition) is 5. The Kier molecular flexibility index (Phi) is 5.96. The summed E-state index contributed by atoms with van der Waals surface area (Å²) in [6.07, 6.45) is 3.18. The summed E-state index contributed by atoms with van der Waals surface area (Å²) >= 11 is 0. The first-order valence-electron chi connectivity index (χ1n) is 8.67. The SMILES string of the molecule is COc1ccnc(C(=O)Nc2cc(C(=O)NCc3ccccn3)ccc2C)c1. The highest BCUT2D eigenvalue weighted by molar-refractivity contribution is 6.04. The highest BCUT2D eigenvalue weighted by Gasteiger charge is 2.13. The van der Waals surface area contributed by atoms with Crippen molar-refractivity contribution in [3.05, 3.63) is 83.4 Å². The molecule has 0 saturated heterocycles. The number of amides is 2. The lowest BCUT2D eigenvalue weighted by Gasteiger charge is -2.11. The number of rotatable bonds is 6. The minimum atomic E-state index is -0.381. The second kappa shape index (κ2) is 8.77. The van der Waals surface area contributed by atoms with E-state index < -0.39 is 0 Å². The van der Waals surface area contributed by atoms with E-state index in [1.807, 2.05) is 25.1 Å². The number of aryl methyl sites for hydroxylation is 1. The Bertz CT molecular complexity index is 990. The van der Waals surface area contributed by atoms with Crippen LogP contribution in [0.1, 0.15) is 32.1 Å². The molecule has 0 spiro atoms. The van der Waals surface area contributed by atoms with Gasteiger partial charge >= 0.3 is 0 Å². The van der Waals surface area contributed by atoms with Gasteiger partial charge in [0.2, 0.25) is 0 Å². The van der Waals surface area contributed by atoms with Gasteiger partial charge in [0, 0.05) is 29.7 Å². The third-order valence-corrected chi connectivity index (χ3v) is 4.10. The molecule has 7 nitrogen and oxygen atoms in total. The van der Waals surface area contributed by atoms with Gasteiger partial charge in [-0.15, -0.1) is 0 Å². The lowest BCUT2D eigenvalue weighted by Crippen LogP contribution is -2.23. The van der Waals surface area contributed by atoms with Gasteiger partial charge in [-0.3, -0.25) is 19.6 Å². The van der Waals surface area contributed by atoms with Crippen molar-refractivity contribution in [2.75, 3.05) is 12.4 Å². The van der Waals surface area contributed by atoms with Crippen LogP contribution in [0.15, 0.2) is 60.9 Å². The quantitative estimate of drug-likeness (QED) is 0.690. The van der Waals surface area contributed by atoms with Crippen molar-refractivity contribution < 1.29 is 14.3 Å². The summed E-state index contributed by atoms with van der Waals surface area (Å²) < 4.78 is 5.11. The predicted molar refractivity (Wildman–Crippen MR) is 105 cm³/mol. The van der Waals surface area contributed by atoms with Crippen molar-refractivity contribution in [1.29, 1.82) is 0 Å². The van der Waals surface area contributed by atoms with E-state index in [0.29, 0.717) is 23.5 Å². The zero-order valence-electron chi connectivity index (χ0n) is 15.6. The van der Waals surface area contributed by atoms with Gasteiger partial charge in [-0.1, -0.05) is 12.1 Å². The Hall–Kier alpha value is -3.74. The standard InChI is InChI=1S/C21H20N4O3/c1-14-6-7-15(20(26)24-13-16-5-3-4-9-22-16)11-18(14)25-21(27)19-12-17(28-2)8-10-23-19/h3-12H,13H2,1-2H3,(H,24,26)(H,25,27). The third-order valence-electron chi connectivity index (χ3n) is 4.10. The van der Waals surface area contributed by atoms with E-state index in [-0.39, 0.29) is 17.5 Å². The number of carbonyl (C=O) groups excluding carboxylic acids is 2. The fourth-order valence-corrected chi connectivity index (χ4v) is 2.52. The molecule has 28 heavy (non-hydrogen) atoms. The van der Waals surface area contributed by atoms with E-state index >= 15 is 0 Å². The van der Waals surface area contributed by atoms with Gasteiger partial charge in [0.1, 0.15) is 11.4 Å². The van der Waals surface area contributed by atoms with Crippen LogP contribution >= 0.6 is 0 Å². The van der Waals surface area contributed by atoms with E-state index in [4.69, 9.17) is 4.74 Å². The van der Waals surface area contributed by atoms with Crippen LogP contribution in [0.4, 0.5) is 5.69 Å². The lowest BCUT2D eigenvalue weighted by atomic mass is 10.1. The molecule has 0 saturated carbocycles. The molecule has 0 aliphatic rings. The Morgan fingerprint density at radius 2 is 1.86 bits per heavy atom. The van der Waals surface area contributed by atoms with E-state index in [2.05, 4.69) is 20.6 Å². The van der Waals surface area contributed by atoms with Crippen molar-refractivity contribution in [3.8, 4) is 5.75 Å². The van der Waals surface area contributed by atoms with Crippen LogP contribution in [0.2, 0.25) is 0 Å². The maximum Gasteiger partial charge on any atom is 0.274 e. The Labute approximate surface area is 162 Å². The maximum atomic E-state index is 12.5. The molecule has 1 aromatic carbocycles. The molecule has 0 aliphatic heterocycles. The topological polar surface area (TPSA) is 93.2 Å². The average Bonchev–Trinajstić information content (AvgIpc) is 2.74. The average molecular weight is 376 g/mol. The molecule has 0 aliphatic carbocycles. The van der Waals surface area contributed by atoms with E-state index in [0.717, 1.165) is 11.3 Å². The molecular weight excluding hydrogens is 356 g/mol. The van der Waals surface area contributed by atoms with Crippen LogP contribution in [0.5, 0.6) is 5.75 Å². The van der Waals surface area contributed by atoms with Gasteiger partial charge in [-0.2, -0.15) is 0 Å². The molecule has 3 rings (SSSR count). The number of nitrogens with one attached hydrogen (secondary N) is 2. The summed E-state index contributed by atoms with van der Waals surface area (Å²) in [5.41, 5.74) is 2.80. The van der Waals surface area contributed by atoms with Crippen molar-refractivity contribution in [2.45, 2.75) is 13.5 Å². The minimum absolute atomic E-state index is 0.226. The molecule has 0 bridgehead atoms. The molecule has 0 atom stereocenters. The fraction of sp³-hybridized carbons (Fsp3) is 0.143. The lowest BCUT2D eigenvalue weighted by molar-refractivity contribution is 0.0949. The monoisotopic (exact) mass is 376 g/mol. The van der Waals surface area contributed by atoms with Crippen LogP contribution in [0, 0.1) is 6.92 Å². The van der Waals surface area contributed by atoms with Crippen molar-refractivity contribution in [1.82, 2.24) is 15.3 Å². The van der Waals surface area contributed by atoms with Crippen LogP contribution in [-0.4, -0.2) is 28.9 Å². The van der Waals surface area contributed by atoms with E-state index in [1.165, 1.54) is 13.3 Å². The molecule has 2 amide bonds. The van der Waals surface area contributed by atoms with Crippen LogP contribution in [0.25, 0.3) is 0 Å². The molecular formula is C21H20N4O3. The smallest absolute Gasteiger partial charge is 0.274 e. The second-order valence-corrected chi connectivity index (χ2v) is 6.07. The Balaban J connectivity index is 1.71. The van der Waals surface area contributed by atoms with Crippen molar-refractivity contribution in [3.63, 3.8) is 0 Å². The minimum Gasteiger partial charge on any atom is -0.497 e. The number of carbonyl (C=O) groups is 2. The summed E-state index contributed by atoms with van der Waals surface area (Å²) in [5.74, 6) is -0.0896. The molecule has 7 heteroatoms. The number of hydrogen-bond donors (Lipinski definition) is 2. The number of anilines is 1. The molecule has 2 aromatic heterocycles. The number of nitrogens with zero attached hydrogens (tertiary/aromatic N) is 2. The first-order valence-corrected chi connectivity index (χ1v) is 8.67. The highest BCUT2D eigenvalue weighted by Crippen LogP contribution is 2.19. The first-order chi connectivity index (χ1) is 13.6. The summed E-state index contributed by atoms with van der Waals surface area (Å²) in [4.78, 5) is 33.2. The molecule has 142 valence electrons. The maximum absolute atomic E-state index is 12.5. The number of benzene rings is 1. The molecule has 0 unspecified atom stereocenters. The summed E-state index contributed by atoms with van der Waals surface area (Å²) in [5, 5.41) is 5.62. The highest BCUT2D eigenvalue weighted by atomic mass is 16.5. The van der Waals surface area contributed by atoms with Crippen molar-refractivity contribution in [2.24, 2.45) is 0 Å². The third kappa shape index (κ3) is 4.70. The predicted octanol–water partition coefficient (Wildman–Crippen LogP) is 2.98. The largest absolute Gasteiger partial charge is 0.497 e. The van der Waals surface area contributed by atoms with Gasteiger partial charge in [0.05, 0.1) is 19.3 Å². The van der Waals surface area contributed by atoms with Gasteiger partial charge in [0.15, 0.2) is 0 Å². The molecule has 0 fully saturated rings. The number of ether oxygens (including phenoxy) is 1. The molecule has 2 heterocycles.